The van der Waals surface area contributed by atoms with Crippen molar-refractivity contribution in [2.45, 2.75) is 26.8 Å². The average Bonchev–Trinajstić information content (AvgIpc) is 2.41. The van der Waals surface area contributed by atoms with Gasteiger partial charge in [0.25, 0.3) is 0 Å². The van der Waals surface area contributed by atoms with E-state index in [4.69, 9.17) is 4.74 Å². The minimum atomic E-state index is -0.292. The minimum Gasteiger partial charge on any atom is -0.383 e. The minimum absolute atomic E-state index is 0.292. The van der Waals surface area contributed by atoms with Gasteiger partial charge in [-0.25, -0.2) is 9.37 Å². The fourth-order valence-corrected chi connectivity index (χ4v) is 1.90. The van der Waals surface area contributed by atoms with Gasteiger partial charge in [0.1, 0.15) is 11.6 Å². The van der Waals surface area contributed by atoms with Crippen molar-refractivity contribution in [1.29, 1.82) is 0 Å². The first-order chi connectivity index (χ1) is 9.22. The van der Waals surface area contributed by atoms with Gasteiger partial charge in [0.05, 0.1) is 12.8 Å². The number of halogens is 1. The van der Waals surface area contributed by atoms with Crippen LogP contribution in [0.5, 0.6) is 0 Å². The Morgan fingerprint density at radius 3 is 2.84 bits per heavy atom. The largest absolute Gasteiger partial charge is 0.383 e. The maximum absolute atomic E-state index is 13.3. The normalized spacial score (nSPS) is 10.7. The van der Waals surface area contributed by atoms with Crippen molar-refractivity contribution in [2.24, 2.45) is 0 Å². The third kappa shape index (κ3) is 5.12. The van der Waals surface area contributed by atoms with Crippen LogP contribution in [-0.4, -0.2) is 38.3 Å². The molecule has 0 atom stereocenters. The number of hydrogen-bond donors (Lipinski definition) is 1. The molecule has 0 unspecified atom stereocenters. The van der Waals surface area contributed by atoms with E-state index in [0.717, 1.165) is 37.4 Å². The summed E-state index contributed by atoms with van der Waals surface area (Å²) in [5.74, 6) is 0.546. The molecule has 1 aromatic rings. The third-order valence-electron chi connectivity index (χ3n) is 2.90. The van der Waals surface area contributed by atoms with Crippen LogP contribution in [0.3, 0.4) is 0 Å². The molecular weight excluding hydrogens is 245 g/mol. The van der Waals surface area contributed by atoms with E-state index in [0.29, 0.717) is 13.2 Å². The van der Waals surface area contributed by atoms with Crippen molar-refractivity contribution >= 4 is 5.82 Å². The number of pyridine rings is 1. The summed E-state index contributed by atoms with van der Waals surface area (Å²) < 4.78 is 18.4. The molecule has 1 aromatic heterocycles. The van der Waals surface area contributed by atoms with Gasteiger partial charge in [0, 0.05) is 32.3 Å². The Hall–Kier alpha value is -1.20. The standard InChI is InChI=1S/C14H24FN3O/c1-4-6-16-10-12-9-13(15)11-17-14(12)18(5-2)7-8-19-3/h9,11,16H,4-8,10H2,1-3H3. The van der Waals surface area contributed by atoms with E-state index in [-0.39, 0.29) is 5.82 Å². The summed E-state index contributed by atoms with van der Waals surface area (Å²) in [6, 6.07) is 1.56. The lowest BCUT2D eigenvalue weighted by Gasteiger charge is -2.24. The van der Waals surface area contributed by atoms with Gasteiger partial charge in [-0.15, -0.1) is 0 Å². The molecule has 19 heavy (non-hydrogen) atoms. The Labute approximate surface area is 115 Å². The van der Waals surface area contributed by atoms with Gasteiger partial charge in [0.2, 0.25) is 0 Å². The van der Waals surface area contributed by atoms with Crippen molar-refractivity contribution in [3.8, 4) is 0 Å². The molecule has 108 valence electrons. The molecule has 1 N–H and O–H groups in total. The number of methoxy groups -OCH3 is 1. The molecule has 0 amide bonds. The first kappa shape index (κ1) is 15.9. The quantitative estimate of drug-likeness (QED) is 0.697. The third-order valence-corrected chi connectivity index (χ3v) is 2.90. The molecule has 0 spiro atoms. The number of ether oxygens (including phenoxy) is 1. The van der Waals surface area contributed by atoms with Crippen molar-refractivity contribution in [2.75, 3.05) is 38.3 Å². The number of anilines is 1. The predicted octanol–water partition coefficient (Wildman–Crippen LogP) is 2.19. The second-order valence-corrected chi connectivity index (χ2v) is 4.39. The zero-order chi connectivity index (χ0) is 14.1. The summed E-state index contributed by atoms with van der Waals surface area (Å²) >= 11 is 0. The molecule has 0 aliphatic heterocycles. The van der Waals surface area contributed by atoms with Gasteiger partial charge in [-0.05, 0) is 26.0 Å². The lowest BCUT2D eigenvalue weighted by molar-refractivity contribution is 0.205. The molecule has 0 saturated heterocycles. The Balaban J connectivity index is 2.83. The Bertz CT molecular complexity index is 374. The van der Waals surface area contributed by atoms with E-state index < -0.39 is 0 Å². The molecule has 0 bridgehead atoms. The van der Waals surface area contributed by atoms with Crippen molar-refractivity contribution < 1.29 is 9.13 Å². The fraction of sp³-hybridized carbons (Fsp3) is 0.643. The summed E-state index contributed by atoms with van der Waals surface area (Å²) in [4.78, 5) is 6.34. The van der Waals surface area contributed by atoms with E-state index in [1.807, 2.05) is 0 Å². The summed E-state index contributed by atoms with van der Waals surface area (Å²) in [7, 11) is 1.68. The first-order valence-electron chi connectivity index (χ1n) is 6.81. The first-order valence-corrected chi connectivity index (χ1v) is 6.81. The van der Waals surface area contributed by atoms with Crippen LogP contribution >= 0.6 is 0 Å². The molecule has 0 fully saturated rings. The molecule has 4 nitrogen and oxygen atoms in total. The van der Waals surface area contributed by atoms with Gasteiger partial charge < -0.3 is 15.0 Å². The zero-order valence-electron chi connectivity index (χ0n) is 12.1. The lowest BCUT2D eigenvalue weighted by atomic mass is 10.2. The van der Waals surface area contributed by atoms with Crippen molar-refractivity contribution in [3.05, 3.63) is 23.6 Å². The van der Waals surface area contributed by atoms with E-state index in [2.05, 4.69) is 29.0 Å². The SMILES string of the molecule is CCCNCc1cc(F)cnc1N(CC)CCOC. The average molecular weight is 269 g/mol. The number of aromatic nitrogens is 1. The van der Waals surface area contributed by atoms with Crippen LogP contribution in [-0.2, 0) is 11.3 Å². The van der Waals surface area contributed by atoms with E-state index in [1.54, 1.807) is 13.2 Å². The van der Waals surface area contributed by atoms with Crippen molar-refractivity contribution in [3.63, 3.8) is 0 Å². The number of rotatable bonds is 9. The van der Waals surface area contributed by atoms with Gasteiger partial charge in [-0.2, -0.15) is 0 Å². The Morgan fingerprint density at radius 2 is 2.21 bits per heavy atom. The second kappa shape index (κ2) is 8.82. The highest BCUT2D eigenvalue weighted by molar-refractivity contribution is 5.46. The Kier molecular flexibility index (Phi) is 7.36. The molecule has 0 radical (unpaired) electrons. The van der Waals surface area contributed by atoms with Gasteiger partial charge >= 0.3 is 0 Å². The second-order valence-electron chi connectivity index (χ2n) is 4.39. The van der Waals surface area contributed by atoms with Crippen LogP contribution in [0, 0.1) is 5.82 Å². The topological polar surface area (TPSA) is 37.4 Å². The van der Waals surface area contributed by atoms with E-state index >= 15 is 0 Å². The molecule has 0 aliphatic rings. The maximum Gasteiger partial charge on any atom is 0.141 e. The summed E-state index contributed by atoms with van der Waals surface area (Å²) in [5, 5.41) is 3.29. The van der Waals surface area contributed by atoms with Crippen LogP contribution < -0.4 is 10.2 Å². The Morgan fingerprint density at radius 1 is 1.42 bits per heavy atom. The van der Waals surface area contributed by atoms with Crippen molar-refractivity contribution in [1.82, 2.24) is 10.3 Å². The molecule has 1 rings (SSSR count). The van der Waals surface area contributed by atoms with Gasteiger partial charge in [-0.3, -0.25) is 0 Å². The molecular formula is C14H24FN3O. The summed E-state index contributed by atoms with van der Waals surface area (Å²) in [6.07, 6.45) is 2.33. The smallest absolute Gasteiger partial charge is 0.141 e. The molecule has 1 heterocycles. The monoisotopic (exact) mass is 269 g/mol. The number of nitrogens with zero attached hydrogens (tertiary/aromatic N) is 2. The fourth-order valence-electron chi connectivity index (χ4n) is 1.90. The lowest BCUT2D eigenvalue weighted by Crippen LogP contribution is -2.29. The van der Waals surface area contributed by atoms with Crippen LogP contribution in [0.25, 0.3) is 0 Å². The number of likely N-dealkylation sites (N-methyl/N-ethyl adjacent to an activating group) is 1. The highest BCUT2D eigenvalue weighted by atomic mass is 19.1. The summed E-state index contributed by atoms with van der Waals surface area (Å²) in [5.41, 5.74) is 0.895. The van der Waals surface area contributed by atoms with Crippen LogP contribution in [0.1, 0.15) is 25.8 Å². The van der Waals surface area contributed by atoms with Gasteiger partial charge in [0.15, 0.2) is 0 Å². The van der Waals surface area contributed by atoms with E-state index in [9.17, 15) is 4.39 Å². The number of nitrogens with one attached hydrogen (secondary N) is 1. The highest BCUT2D eigenvalue weighted by Gasteiger charge is 2.12. The highest BCUT2D eigenvalue weighted by Crippen LogP contribution is 2.18. The van der Waals surface area contributed by atoms with Gasteiger partial charge in [-0.1, -0.05) is 6.92 Å². The van der Waals surface area contributed by atoms with E-state index in [1.165, 1.54) is 6.20 Å². The molecule has 5 heteroatoms. The van der Waals surface area contributed by atoms with Crippen LogP contribution in [0.4, 0.5) is 10.2 Å². The number of hydrogen-bond acceptors (Lipinski definition) is 4. The zero-order valence-corrected chi connectivity index (χ0v) is 12.1. The van der Waals surface area contributed by atoms with Crippen LogP contribution in [0.15, 0.2) is 12.3 Å². The maximum atomic E-state index is 13.3. The molecule has 0 aromatic carbocycles. The van der Waals surface area contributed by atoms with Crippen LogP contribution in [0.2, 0.25) is 0 Å². The molecule has 0 saturated carbocycles. The summed E-state index contributed by atoms with van der Waals surface area (Å²) in [6.45, 7) is 7.93. The predicted molar refractivity (Wildman–Crippen MR) is 76.0 cm³/mol. The molecule has 0 aliphatic carbocycles.